The molecule has 0 unspecified atom stereocenters. The number of amides is 1. The number of carbonyl (C=O) groups is 1. The molecule has 1 fully saturated rings. The quantitative estimate of drug-likeness (QED) is 0.681. The first kappa shape index (κ1) is 20.1. The van der Waals surface area contributed by atoms with Crippen LogP contribution in [0.1, 0.15) is 29.9 Å². The van der Waals surface area contributed by atoms with Gasteiger partial charge < -0.3 is 20.3 Å². The van der Waals surface area contributed by atoms with Gasteiger partial charge in [0.05, 0.1) is 23.9 Å². The summed E-state index contributed by atoms with van der Waals surface area (Å²) in [5, 5.41) is 11.6. The number of benzene rings is 1. The first-order valence-corrected chi connectivity index (χ1v) is 10.0. The SMILES string of the molecule is COc1ncc2c(N3C[C@@H](C)N[C@@H](C)C3)ccc(C(=O)Nc3cc(C)nn3C)c2n1. The summed E-state index contributed by atoms with van der Waals surface area (Å²) in [5.41, 5.74) is 2.87. The zero-order chi connectivity index (χ0) is 21.4. The molecule has 1 aliphatic rings. The lowest BCUT2D eigenvalue weighted by Gasteiger charge is -2.38. The van der Waals surface area contributed by atoms with Crippen molar-refractivity contribution in [3.05, 3.63) is 35.7 Å². The number of hydrogen-bond donors (Lipinski definition) is 2. The van der Waals surface area contributed by atoms with E-state index >= 15 is 0 Å². The van der Waals surface area contributed by atoms with Gasteiger partial charge in [0, 0.05) is 55.6 Å². The van der Waals surface area contributed by atoms with Crippen LogP contribution < -0.4 is 20.3 Å². The highest BCUT2D eigenvalue weighted by molar-refractivity contribution is 6.13. The number of ether oxygens (including phenoxy) is 1. The monoisotopic (exact) mass is 409 g/mol. The number of piperazine rings is 1. The molecule has 158 valence electrons. The second kappa shape index (κ2) is 7.91. The van der Waals surface area contributed by atoms with Crippen molar-refractivity contribution in [2.45, 2.75) is 32.9 Å². The molecular weight excluding hydrogens is 382 g/mol. The number of methoxy groups -OCH3 is 1. The Morgan fingerprint density at radius 1 is 1.27 bits per heavy atom. The summed E-state index contributed by atoms with van der Waals surface area (Å²) in [6, 6.07) is 6.57. The summed E-state index contributed by atoms with van der Waals surface area (Å²) in [6.45, 7) is 7.95. The minimum absolute atomic E-state index is 0.229. The van der Waals surface area contributed by atoms with Crippen LogP contribution in [0.3, 0.4) is 0 Å². The van der Waals surface area contributed by atoms with Gasteiger partial charge in [-0.2, -0.15) is 10.1 Å². The zero-order valence-electron chi connectivity index (χ0n) is 17.9. The number of carbonyl (C=O) groups excluding carboxylic acids is 1. The lowest BCUT2D eigenvalue weighted by atomic mass is 10.0. The highest BCUT2D eigenvalue weighted by Gasteiger charge is 2.24. The smallest absolute Gasteiger partial charge is 0.316 e. The third kappa shape index (κ3) is 3.80. The molecule has 9 nitrogen and oxygen atoms in total. The highest BCUT2D eigenvalue weighted by atomic mass is 16.5. The van der Waals surface area contributed by atoms with Crippen molar-refractivity contribution in [3.63, 3.8) is 0 Å². The third-order valence-electron chi connectivity index (χ3n) is 5.27. The predicted octanol–water partition coefficient (Wildman–Crippen LogP) is 2.12. The molecular formula is C21H27N7O2. The van der Waals surface area contributed by atoms with Crippen LogP contribution in [0.5, 0.6) is 6.01 Å². The molecule has 0 bridgehead atoms. The summed E-state index contributed by atoms with van der Waals surface area (Å²) in [6.07, 6.45) is 1.73. The van der Waals surface area contributed by atoms with Gasteiger partial charge in [0.1, 0.15) is 5.82 Å². The number of aromatic nitrogens is 4. The van der Waals surface area contributed by atoms with Crippen molar-refractivity contribution in [2.24, 2.45) is 7.05 Å². The largest absolute Gasteiger partial charge is 0.467 e. The molecule has 1 saturated heterocycles. The Morgan fingerprint density at radius 2 is 2.00 bits per heavy atom. The maximum atomic E-state index is 13.1. The number of rotatable bonds is 4. The van der Waals surface area contributed by atoms with E-state index < -0.39 is 0 Å². The van der Waals surface area contributed by atoms with Crippen molar-refractivity contribution in [3.8, 4) is 6.01 Å². The van der Waals surface area contributed by atoms with Gasteiger partial charge in [0.2, 0.25) is 0 Å². The van der Waals surface area contributed by atoms with Crippen LogP contribution in [0.15, 0.2) is 24.4 Å². The number of nitrogens with zero attached hydrogens (tertiary/aromatic N) is 5. The van der Waals surface area contributed by atoms with Gasteiger partial charge in [-0.25, -0.2) is 4.98 Å². The van der Waals surface area contributed by atoms with Gasteiger partial charge in [-0.15, -0.1) is 0 Å². The predicted molar refractivity (Wildman–Crippen MR) is 116 cm³/mol. The molecule has 1 aromatic carbocycles. The van der Waals surface area contributed by atoms with E-state index in [1.54, 1.807) is 17.9 Å². The second-order valence-electron chi connectivity index (χ2n) is 7.87. The molecule has 3 aromatic rings. The Kier molecular flexibility index (Phi) is 5.29. The van der Waals surface area contributed by atoms with Crippen molar-refractivity contribution < 1.29 is 9.53 Å². The van der Waals surface area contributed by atoms with E-state index in [4.69, 9.17) is 4.74 Å². The van der Waals surface area contributed by atoms with E-state index in [1.807, 2.05) is 25.1 Å². The maximum absolute atomic E-state index is 13.1. The van der Waals surface area contributed by atoms with E-state index in [1.165, 1.54) is 7.11 Å². The fourth-order valence-electron chi connectivity index (χ4n) is 4.08. The Labute approximate surface area is 175 Å². The molecule has 0 aliphatic carbocycles. The summed E-state index contributed by atoms with van der Waals surface area (Å²) in [5.74, 6) is 0.373. The average Bonchev–Trinajstić information content (AvgIpc) is 3.02. The molecule has 2 N–H and O–H groups in total. The van der Waals surface area contributed by atoms with E-state index in [9.17, 15) is 4.79 Å². The van der Waals surface area contributed by atoms with Crippen LogP contribution in [0.25, 0.3) is 10.9 Å². The summed E-state index contributed by atoms with van der Waals surface area (Å²) >= 11 is 0. The molecule has 30 heavy (non-hydrogen) atoms. The maximum Gasteiger partial charge on any atom is 0.316 e. The Bertz CT molecular complexity index is 1080. The van der Waals surface area contributed by atoms with Crippen LogP contribution in [0, 0.1) is 6.92 Å². The van der Waals surface area contributed by atoms with Crippen LogP contribution in [0.4, 0.5) is 11.5 Å². The van der Waals surface area contributed by atoms with Gasteiger partial charge in [0.25, 0.3) is 5.91 Å². The molecule has 0 saturated carbocycles. The summed E-state index contributed by atoms with van der Waals surface area (Å²) in [7, 11) is 3.31. The van der Waals surface area contributed by atoms with E-state index in [0.717, 1.165) is 29.9 Å². The first-order valence-electron chi connectivity index (χ1n) is 10.0. The number of hydrogen-bond acceptors (Lipinski definition) is 7. The normalized spacial score (nSPS) is 19.2. The van der Waals surface area contributed by atoms with Gasteiger partial charge >= 0.3 is 6.01 Å². The van der Waals surface area contributed by atoms with Gasteiger partial charge in [-0.3, -0.25) is 9.48 Å². The van der Waals surface area contributed by atoms with E-state index in [2.05, 4.69) is 44.4 Å². The molecule has 3 heterocycles. The number of nitrogens with one attached hydrogen (secondary N) is 2. The van der Waals surface area contributed by atoms with Crippen molar-refractivity contribution in [1.82, 2.24) is 25.1 Å². The topological polar surface area (TPSA) is 97.2 Å². The molecule has 1 aliphatic heterocycles. The van der Waals surface area contributed by atoms with Gasteiger partial charge in [0.15, 0.2) is 0 Å². The van der Waals surface area contributed by atoms with Crippen molar-refractivity contribution in [1.29, 1.82) is 0 Å². The lowest BCUT2D eigenvalue weighted by Crippen LogP contribution is -2.54. The van der Waals surface area contributed by atoms with Gasteiger partial charge in [-0.1, -0.05) is 0 Å². The standard InChI is InChI=1S/C21H27N7O2/c1-12-8-18(27(4)26-12)24-20(29)15-6-7-17(28-10-13(2)23-14(3)11-28)16-9-22-21(30-5)25-19(15)16/h6-9,13-14,23H,10-11H2,1-5H3,(H,24,29)/t13-,14+. The molecule has 0 radical (unpaired) electrons. The molecule has 2 atom stereocenters. The van der Waals surface area contributed by atoms with Crippen molar-refractivity contribution >= 4 is 28.3 Å². The van der Waals surface area contributed by atoms with E-state index in [0.29, 0.717) is 29.0 Å². The number of fused-ring (bicyclic) bond motifs is 1. The zero-order valence-corrected chi connectivity index (χ0v) is 17.9. The molecule has 0 spiro atoms. The second-order valence-corrected chi connectivity index (χ2v) is 7.87. The summed E-state index contributed by atoms with van der Waals surface area (Å²) < 4.78 is 6.87. The molecule has 4 rings (SSSR count). The Morgan fingerprint density at radius 3 is 2.63 bits per heavy atom. The summed E-state index contributed by atoms with van der Waals surface area (Å²) in [4.78, 5) is 24.2. The average molecular weight is 409 g/mol. The number of aryl methyl sites for hydroxylation is 2. The van der Waals surface area contributed by atoms with Crippen LogP contribution in [-0.2, 0) is 7.05 Å². The number of anilines is 2. The fraction of sp³-hybridized carbons (Fsp3) is 0.429. The minimum atomic E-state index is -0.252. The molecule has 2 aromatic heterocycles. The molecule has 9 heteroatoms. The highest BCUT2D eigenvalue weighted by Crippen LogP contribution is 2.31. The Balaban J connectivity index is 1.77. The van der Waals surface area contributed by atoms with Gasteiger partial charge in [-0.05, 0) is 32.9 Å². The Hall–Kier alpha value is -3.20. The molecule has 1 amide bonds. The van der Waals surface area contributed by atoms with Crippen LogP contribution in [-0.4, -0.2) is 57.9 Å². The van der Waals surface area contributed by atoms with E-state index in [-0.39, 0.29) is 11.9 Å². The lowest BCUT2D eigenvalue weighted by molar-refractivity contribution is 0.102. The fourth-order valence-corrected chi connectivity index (χ4v) is 4.08. The third-order valence-corrected chi connectivity index (χ3v) is 5.27. The van der Waals surface area contributed by atoms with Crippen LogP contribution >= 0.6 is 0 Å². The minimum Gasteiger partial charge on any atom is -0.467 e. The first-order chi connectivity index (χ1) is 14.4. The van der Waals surface area contributed by atoms with Crippen molar-refractivity contribution in [2.75, 3.05) is 30.4 Å². The van der Waals surface area contributed by atoms with Crippen LogP contribution in [0.2, 0.25) is 0 Å².